The highest BCUT2D eigenvalue weighted by Gasteiger charge is 2.12. The molecule has 1 aromatic heterocycles. The molecule has 0 radical (unpaired) electrons. The molecule has 2 rings (SSSR count). The zero-order chi connectivity index (χ0) is 11.5. The first-order chi connectivity index (χ1) is 7.68. The largest absolute Gasteiger partial charge is 0.388 e. The monoisotopic (exact) mass is 232 g/mol. The first-order valence-electron chi connectivity index (χ1n) is 5.43. The Morgan fingerprint density at radius 2 is 2.06 bits per heavy atom. The number of thiophene rings is 1. The van der Waals surface area contributed by atoms with Gasteiger partial charge in [0.15, 0.2) is 0 Å². The second kappa shape index (κ2) is 4.81. The predicted octanol–water partition coefficient (Wildman–Crippen LogP) is 3.64. The van der Waals surface area contributed by atoms with Gasteiger partial charge in [-0.2, -0.15) is 11.3 Å². The second-order valence-electron chi connectivity index (χ2n) is 4.14. The Morgan fingerprint density at radius 1 is 1.25 bits per heavy atom. The van der Waals surface area contributed by atoms with Gasteiger partial charge < -0.3 is 5.11 Å². The van der Waals surface area contributed by atoms with E-state index < -0.39 is 6.10 Å². The van der Waals surface area contributed by atoms with E-state index in [2.05, 4.69) is 31.4 Å². The molecule has 0 amide bonds. The smallest absolute Gasteiger partial charge is 0.0833 e. The van der Waals surface area contributed by atoms with Gasteiger partial charge in [0.1, 0.15) is 0 Å². The Labute approximate surface area is 100 Å². The molecule has 1 heterocycles. The number of aryl methyl sites for hydroxylation is 1. The highest BCUT2D eigenvalue weighted by atomic mass is 32.1. The predicted molar refractivity (Wildman–Crippen MR) is 68.9 cm³/mol. The number of aliphatic hydroxyl groups excluding tert-OH is 1. The fraction of sp³-hybridized carbons (Fsp3) is 0.286. The van der Waals surface area contributed by atoms with Gasteiger partial charge in [-0.3, -0.25) is 0 Å². The van der Waals surface area contributed by atoms with Crippen molar-refractivity contribution in [3.05, 3.63) is 57.3 Å². The molecule has 84 valence electrons. The lowest BCUT2D eigenvalue weighted by atomic mass is 9.96. The van der Waals surface area contributed by atoms with Crippen molar-refractivity contribution >= 4 is 11.3 Å². The van der Waals surface area contributed by atoms with Crippen LogP contribution >= 0.6 is 11.3 Å². The molecule has 0 aliphatic heterocycles. The van der Waals surface area contributed by atoms with E-state index in [1.54, 1.807) is 11.3 Å². The van der Waals surface area contributed by atoms with Crippen molar-refractivity contribution in [1.29, 1.82) is 0 Å². The maximum absolute atomic E-state index is 10.2. The summed E-state index contributed by atoms with van der Waals surface area (Å²) in [5.74, 6) is 0. The average Bonchev–Trinajstić information content (AvgIpc) is 2.74. The maximum atomic E-state index is 10.2. The van der Waals surface area contributed by atoms with Gasteiger partial charge in [0.05, 0.1) is 6.10 Å². The number of benzene rings is 1. The topological polar surface area (TPSA) is 20.2 Å². The van der Waals surface area contributed by atoms with E-state index in [0.717, 1.165) is 5.56 Å². The summed E-state index contributed by atoms with van der Waals surface area (Å²) in [5, 5.41) is 14.3. The number of hydrogen-bond acceptors (Lipinski definition) is 2. The fourth-order valence-corrected chi connectivity index (χ4v) is 2.56. The molecule has 1 unspecified atom stereocenters. The summed E-state index contributed by atoms with van der Waals surface area (Å²) in [6.07, 6.45) is 0.308. The molecule has 0 aliphatic rings. The molecule has 0 fully saturated rings. The third-order valence-corrected chi connectivity index (χ3v) is 3.75. The zero-order valence-electron chi connectivity index (χ0n) is 9.60. The Kier molecular flexibility index (Phi) is 3.42. The highest BCUT2D eigenvalue weighted by molar-refractivity contribution is 7.07. The van der Waals surface area contributed by atoms with E-state index in [-0.39, 0.29) is 0 Å². The molecule has 1 nitrogen and oxygen atoms in total. The van der Waals surface area contributed by atoms with Gasteiger partial charge in [-0.15, -0.1) is 0 Å². The van der Waals surface area contributed by atoms with Gasteiger partial charge in [0, 0.05) is 6.42 Å². The van der Waals surface area contributed by atoms with Crippen LogP contribution in [0.25, 0.3) is 0 Å². The van der Waals surface area contributed by atoms with Crippen LogP contribution in [0.2, 0.25) is 0 Å². The zero-order valence-corrected chi connectivity index (χ0v) is 10.4. The highest BCUT2D eigenvalue weighted by Crippen LogP contribution is 2.24. The summed E-state index contributed by atoms with van der Waals surface area (Å²) in [6.45, 7) is 4.15. The van der Waals surface area contributed by atoms with Crippen molar-refractivity contribution in [1.82, 2.24) is 0 Å². The van der Waals surface area contributed by atoms with Gasteiger partial charge in [0.2, 0.25) is 0 Å². The van der Waals surface area contributed by atoms with Crippen LogP contribution in [0.4, 0.5) is 0 Å². The third kappa shape index (κ3) is 2.34. The van der Waals surface area contributed by atoms with E-state index in [1.165, 1.54) is 16.7 Å². The van der Waals surface area contributed by atoms with Crippen LogP contribution in [0.3, 0.4) is 0 Å². The van der Waals surface area contributed by atoms with E-state index in [0.29, 0.717) is 6.42 Å². The minimum absolute atomic E-state index is 0.394. The lowest BCUT2D eigenvalue weighted by Crippen LogP contribution is -2.04. The van der Waals surface area contributed by atoms with Crippen LogP contribution in [0.5, 0.6) is 0 Å². The van der Waals surface area contributed by atoms with Gasteiger partial charge in [-0.05, 0) is 52.9 Å². The van der Waals surface area contributed by atoms with Crippen LogP contribution in [0, 0.1) is 13.8 Å². The SMILES string of the molecule is Cc1cccc(C(O)Cc2ccsc2)c1C. The normalized spacial score (nSPS) is 12.7. The quantitative estimate of drug-likeness (QED) is 0.856. The van der Waals surface area contributed by atoms with E-state index in [9.17, 15) is 5.11 Å². The van der Waals surface area contributed by atoms with Crippen molar-refractivity contribution in [3.63, 3.8) is 0 Å². The van der Waals surface area contributed by atoms with Crippen molar-refractivity contribution < 1.29 is 5.11 Å². The minimum atomic E-state index is -0.394. The summed E-state index contributed by atoms with van der Waals surface area (Å²) in [7, 11) is 0. The Morgan fingerprint density at radius 3 is 2.75 bits per heavy atom. The van der Waals surface area contributed by atoms with Gasteiger partial charge in [-0.1, -0.05) is 18.2 Å². The number of aliphatic hydroxyl groups is 1. The van der Waals surface area contributed by atoms with Crippen LogP contribution in [0.1, 0.15) is 28.4 Å². The Hall–Kier alpha value is -1.12. The molecule has 1 N–H and O–H groups in total. The van der Waals surface area contributed by atoms with E-state index >= 15 is 0 Å². The molecule has 0 aliphatic carbocycles. The molecular formula is C14H16OS. The van der Waals surface area contributed by atoms with Gasteiger partial charge in [0.25, 0.3) is 0 Å². The number of rotatable bonds is 3. The van der Waals surface area contributed by atoms with Crippen molar-refractivity contribution in [2.24, 2.45) is 0 Å². The van der Waals surface area contributed by atoms with Crippen molar-refractivity contribution in [2.45, 2.75) is 26.4 Å². The molecule has 16 heavy (non-hydrogen) atoms. The summed E-state index contributed by atoms with van der Waals surface area (Å²) >= 11 is 1.67. The molecule has 0 saturated carbocycles. The summed E-state index contributed by atoms with van der Waals surface area (Å²) in [5.41, 5.74) is 4.69. The molecule has 1 atom stereocenters. The van der Waals surface area contributed by atoms with Gasteiger partial charge in [-0.25, -0.2) is 0 Å². The second-order valence-corrected chi connectivity index (χ2v) is 4.92. The lowest BCUT2D eigenvalue weighted by Gasteiger charge is -2.14. The van der Waals surface area contributed by atoms with Crippen molar-refractivity contribution in [2.75, 3.05) is 0 Å². The van der Waals surface area contributed by atoms with Crippen molar-refractivity contribution in [3.8, 4) is 0 Å². The van der Waals surface area contributed by atoms with E-state index in [4.69, 9.17) is 0 Å². The van der Waals surface area contributed by atoms with E-state index in [1.807, 2.05) is 17.5 Å². The molecule has 0 saturated heterocycles. The molecular weight excluding hydrogens is 216 g/mol. The first-order valence-corrected chi connectivity index (χ1v) is 6.38. The standard InChI is InChI=1S/C14H16OS/c1-10-4-3-5-13(11(10)2)14(15)8-12-6-7-16-9-12/h3-7,9,14-15H,8H2,1-2H3. The minimum Gasteiger partial charge on any atom is -0.388 e. The van der Waals surface area contributed by atoms with Crippen LogP contribution in [-0.4, -0.2) is 5.11 Å². The lowest BCUT2D eigenvalue weighted by molar-refractivity contribution is 0.178. The summed E-state index contributed by atoms with van der Waals surface area (Å²) in [6, 6.07) is 8.17. The number of hydrogen-bond donors (Lipinski definition) is 1. The molecule has 2 aromatic rings. The molecule has 1 aromatic carbocycles. The maximum Gasteiger partial charge on any atom is 0.0833 e. The average molecular weight is 232 g/mol. The Balaban J connectivity index is 2.21. The Bertz CT molecular complexity index is 460. The van der Waals surface area contributed by atoms with Crippen LogP contribution in [-0.2, 0) is 6.42 Å². The first kappa shape index (κ1) is 11.4. The summed E-state index contributed by atoms with van der Waals surface area (Å²) < 4.78 is 0. The van der Waals surface area contributed by atoms with Crippen LogP contribution < -0.4 is 0 Å². The fourth-order valence-electron chi connectivity index (χ4n) is 1.88. The third-order valence-electron chi connectivity index (χ3n) is 3.01. The van der Waals surface area contributed by atoms with Crippen LogP contribution in [0.15, 0.2) is 35.0 Å². The summed E-state index contributed by atoms with van der Waals surface area (Å²) in [4.78, 5) is 0. The molecule has 0 bridgehead atoms. The molecule has 0 spiro atoms. The molecule has 2 heteroatoms. The van der Waals surface area contributed by atoms with Gasteiger partial charge >= 0.3 is 0 Å².